The predicted octanol–water partition coefficient (Wildman–Crippen LogP) is 2.95. The maximum atomic E-state index is 12.8. The minimum absolute atomic E-state index is 0.300. The molecule has 2 aromatic carbocycles. The van der Waals surface area contributed by atoms with Crippen molar-refractivity contribution in [2.24, 2.45) is 0 Å². The van der Waals surface area contributed by atoms with Gasteiger partial charge in [-0.15, -0.1) is 0 Å². The van der Waals surface area contributed by atoms with Crippen LogP contribution in [0.25, 0.3) is 11.1 Å². The summed E-state index contributed by atoms with van der Waals surface area (Å²) in [4.78, 5) is 0. The van der Waals surface area contributed by atoms with E-state index in [0.29, 0.717) is 11.3 Å². The molecular weight excluding hydrogens is 203 g/mol. The van der Waals surface area contributed by atoms with Crippen LogP contribution in [-0.2, 0) is 0 Å². The summed E-state index contributed by atoms with van der Waals surface area (Å²) in [6.45, 7) is 0. The highest BCUT2D eigenvalue weighted by Crippen LogP contribution is 2.25. The number of anilines is 1. The van der Waals surface area contributed by atoms with E-state index < -0.39 is 0 Å². The van der Waals surface area contributed by atoms with Crippen molar-refractivity contribution in [2.75, 3.05) is 5.73 Å². The summed E-state index contributed by atoms with van der Waals surface area (Å²) in [6.07, 6.45) is 0. The van der Waals surface area contributed by atoms with E-state index >= 15 is 0 Å². The normalized spacial score (nSPS) is 9.75. The van der Waals surface area contributed by atoms with E-state index in [-0.39, 0.29) is 5.82 Å². The average molecular weight is 212 g/mol. The first-order valence-electron chi connectivity index (χ1n) is 4.76. The lowest BCUT2D eigenvalue weighted by atomic mass is 10.00. The second-order valence-electron chi connectivity index (χ2n) is 3.42. The highest BCUT2D eigenvalue weighted by molar-refractivity contribution is 5.73. The van der Waals surface area contributed by atoms with E-state index in [0.717, 1.165) is 11.1 Å². The Kier molecular flexibility index (Phi) is 2.57. The molecule has 0 bridgehead atoms. The zero-order valence-electron chi connectivity index (χ0n) is 8.44. The maximum Gasteiger partial charge on any atom is 0.123 e. The molecular formula is C13H9FN2. The zero-order valence-corrected chi connectivity index (χ0v) is 8.44. The van der Waals surface area contributed by atoms with Crippen molar-refractivity contribution >= 4 is 5.69 Å². The average Bonchev–Trinajstić information content (AvgIpc) is 2.30. The Balaban J connectivity index is 2.59. The van der Waals surface area contributed by atoms with E-state index in [1.54, 1.807) is 30.3 Å². The van der Waals surface area contributed by atoms with Crippen molar-refractivity contribution in [2.45, 2.75) is 0 Å². The van der Waals surface area contributed by atoms with Crippen LogP contribution in [0.3, 0.4) is 0 Å². The quantitative estimate of drug-likeness (QED) is 0.739. The van der Waals surface area contributed by atoms with Crippen molar-refractivity contribution in [3.63, 3.8) is 0 Å². The number of nitriles is 1. The van der Waals surface area contributed by atoms with Gasteiger partial charge in [0.2, 0.25) is 0 Å². The molecule has 0 aliphatic heterocycles. The van der Waals surface area contributed by atoms with Gasteiger partial charge in [-0.25, -0.2) is 4.39 Å². The van der Waals surface area contributed by atoms with E-state index in [1.807, 2.05) is 0 Å². The first kappa shape index (κ1) is 10.2. The number of hydrogen-bond donors (Lipinski definition) is 1. The van der Waals surface area contributed by atoms with E-state index in [2.05, 4.69) is 6.07 Å². The molecule has 0 aromatic heterocycles. The molecule has 0 unspecified atom stereocenters. The molecule has 0 heterocycles. The highest BCUT2D eigenvalue weighted by atomic mass is 19.1. The Morgan fingerprint density at radius 3 is 2.38 bits per heavy atom. The smallest absolute Gasteiger partial charge is 0.123 e. The SMILES string of the molecule is N#Cc1ccc(N)cc1-c1ccc(F)cc1. The Labute approximate surface area is 92.8 Å². The molecule has 0 spiro atoms. The van der Waals surface area contributed by atoms with E-state index in [9.17, 15) is 4.39 Å². The lowest BCUT2D eigenvalue weighted by Gasteiger charge is -2.05. The monoisotopic (exact) mass is 212 g/mol. The van der Waals surface area contributed by atoms with Crippen LogP contribution in [0.5, 0.6) is 0 Å². The van der Waals surface area contributed by atoms with Gasteiger partial charge < -0.3 is 5.73 Å². The molecule has 78 valence electrons. The molecule has 0 fully saturated rings. The van der Waals surface area contributed by atoms with Gasteiger partial charge in [0.05, 0.1) is 11.6 Å². The van der Waals surface area contributed by atoms with Crippen molar-refractivity contribution in [1.82, 2.24) is 0 Å². The van der Waals surface area contributed by atoms with Crippen LogP contribution in [0.2, 0.25) is 0 Å². The van der Waals surface area contributed by atoms with E-state index in [4.69, 9.17) is 11.0 Å². The molecule has 16 heavy (non-hydrogen) atoms. The molecule has 2 N–H and O–H groups in total. The van der Waals surface area contributed by atoms with Gasteiger partial charge in [-0.3, -0.25) is 0 Å². The topological polar surface area (TPSA) is 49.8 Å². The van der Waals surface area contributed by atoms with Gasteiger partial charge in [-0.2, -0.15) is 5.26 Å². The summed E-state index contributed by atoms with van der Waals surface area (Å²) < 4.78 is 12.8. The van der Waals surface area contributed by atoms with Gasteiger partial charge in [-0.05, 0) is 35.9 Å². The molecule has 0 saturated heterocycles. The van der Waals surface area contributed by atoms with Crippen molar-refractivity contribution in [3.05, 3.63) is 53.8 Å². The maximum absolute atomic E-state index is 12.8. The number of nitrogens with zero attached hydrogens (tertiary/aromatic N) is 1. The summed E-state index contributed by atoms with van der Waals surface area (Å²) in [7, 11) is 0. The first-order valence-corrected chi connectivity index (χ1v) is 4.76. The standard InChI is InChI=1S/C13H9FN2/c14-11-4-1-9(2-5-11)13-7-12(16)6-3-10(13)8-15/h1-7H,16H2. The van der Waals surface area contributed by atoms with Gasteiger partial charge in [0.25, 0.3) is 0 Å². The minimum atomic E-state index is -0.300. The fourth-order valence-corrected chi connectivity index (χ4v) is 1.53. The van der Waals surface area contributed by atoms with Crippen LogP contribution in [0, 0.1) is 17.1 Å². The lowest BCUT2D eigenvalue weighted by Crippen LogP contribution is -1.89. The molecule has 3 heteroatoms. The first-order chi connectivity index (χ1) is 7.70. The third kappa shape index (κ3) is 1.86. The van der Waals surface area contributed by atoms with Crippen LogP contribution in [0.15, 0.2) is 42.5 Å². The van der Waals surface area contributed by atoms with Crippen molar-refractivity contribution < 1.29 is 4.39 Å². The van der Waals surface area contributed by atoms with Crippen LogP contribution in [0.1, 0.15) is 5.56 Å². The number of hydrogen-bond acceptors (Lipinski definition) is 2. The predicted molar refractivity (Wildman–Crippen MR) is 61.0 cm³/mol. The molecule has 2 rings (SSSR count). The summed E-state index contributed by atoms with van der Waals surface area (Å²) in [5.41, 5.74) is 8.28. The second-order valence-corrected chi connectivity index (χ2v) is 3.42. The van der Waals surface area contributed by atoms with Gasteiger partial charge in [0.1, 0.15) is 5.82 Å². The Morgan fingerprint density at radius 2 is 1.75 bits per heavy atom. The number of benzene rings is 2. The molecule has 0 atom stereocenters. The Bertz CT molecular complexity index is 553. The lowest BCUT2D eigenvalue weighted by molar-refractivity contribution is 0.628. The zero-order chi connectivity index (χ0) is 11.5. The van der Waals surface area contributed by atoms with E-state index in [1.165, 1.54) is 12.1 Å². The van der Waals surface area contributed by atoms with Gasteiger partial charge in [0, 0.05) is 11.3 Å². The fourth-order valence-electron chi connectivity index (χ4n) is 1.53. The number of rotatable bonds is 1. The number of halogens is 1. The molecule has 2 aromatic rings. The van der Waals surface area contributed by atoms with Gasteiger partial charge in [0.15, 0.2) is 0 Å². The highest BCUT2D eigenvalue weighted by Gasteiger charge is 2.05. The summed E-state index contributed by atoms with van der Waals surface area (Å²) in [5, 5.41) is 8.96. The Morgan fingerprint density at radius 1 is 1.06 bits per heavy atom. The van der Waals surface area contributed by atoms with Crippen LogP contribution in [-0.4, -0.2) is 0 Å². The molecule has 2 nitrogen and oxygen atoms in total. The van der Waals surface area contributed by atoms with Crippen LogP contribution >= 0.6 is 0 Å². The summed E-state index contributed by atoms with van der Waals surface area (Å²) in [6, 6.07) is 13.1. The number of nitrogens with two attached hydrogens (primary N) is 1. The Hall–Kier alpha value is -2.34. The fraction of sp³-hybridized carbons (Fsp3) is 0. The molecule has 0 radical (unpaired) electrons. The largest absolute Gasteiger partial charge is 0.399 e. The number of nitrogen functional groups attached to an aromatic ring is 1. The van der Waals surface area contributed by atoms with Gasteiger partial charge >= 0.3 is 0 Å². The second kappa shape index (κ2) is 4.03. The summed E-state index contributed by atoms with van der Waals surface area (Å²) >= 11 is 0. The van der Waals surface area contributed by atoms with Crippen LogP contribution in [0.4, 0.5) is 10.1 Å². The minimum Gasteiger partial charge on any atom is -0.399 e. The van der Waals surface area contributed by atoms with Crippen molar-refractivity contribution in [3.8, 4) is 17.2 Å². The third-order valence-corrected chi connectivity index (χ3v) is 2.32. The summed E-state index contributed by atoms with van der Waals surface area (Å²) in [5.74, 6) is -0.300. The molecule has 0 aliphatic carbocycles. The third-order valence-electron chi connectivity index (χ3n) is 2.32. The van der Waals surface area contributed by atoms with Crippen molar-refractivity contribution in [1.29, 1.82) is 5.26 Å². The molecule has 0 saturated carbocycles. The molecule has 0 amide bonds. The van der Waals surface area contributed by atoms with Crippen LogP contribution < -0.4 is 5.73 Å². The van der Waals surface area contributed by atoms with Gasteiger partial charge in [-0.1, -0.05) is 12.1 Å². The molecule has 0 aliphatic rings.